The summed E-state index contributed by atoms with van der Waals surface area (Å²) < 4.78 is 5.14. The summed E-state index contributed by atoms with van der Waals surface area (Å²) in [4.78, 5) is 32.8. The van der Waals surface area contributed by atoms with Crippen LogP contribution in [0.5, 0.6) is 0 Å². The van der Waals surface area contributed by atoms with Crippen LogP contribution in [0.1, 0.15) is 47.8 Å². The number of ketones is 1. The second kappa shape index (κ2) is 9.37. The number of esters is 1. The summed E-state index contributed by atoms with van der Waals surface area (Å²) in [5, 5.41) is 2.62. The summed E-state index contributed by atoms with van der Waals surface area (Å²) in [6.45, 7) is 4.02. The van der Waals surface area contributed by atoms with Crippen LogP contribution in [0.4, 0.5) is 0 Å². The van der Waals surface area contributed by atoms with Crippen LogP contribution in [0, 0.1) is 0 Å². The number of thiazole rings is 1. The molecule has 3 aromatic rings. The molecule has 0 saturated carbocycles. The Hall–Kier alpha value is -2.86. The van der Waals surface area contributed by atoms with Crippen LogP contribution in [0.2, 0.25) is 0 Å². The van der Waals surface area contributed by atoms with Gasteiger partial charge in [-0.15, -0.1) is 11.3 Å². The lowest BCUT2D eigenvalue weighted by atomic mass is 9.97. The maximum Gasteiger partial charge on any atom is 0.312 e. The Morgan fingerprint density at radius 3 is 2.64 bits per heavy atom. The maximum atomic E-state index is 12.2. The zero-order chi connectivity index (χ0) is 19.9. The zero-order valence-corrected chi connectivity index (χ0v) is 16.7. The maximum absolute atomic E-state index is 12.2. The first-order valence-electron chi connectivity index (χ1n) is 9.20. The Morgan fingerprint density at radius 1 is 1.18 bits per heavy atom. The van der Waals surface area contributed by atoms with E-state index < -0.39 is 5.97 Å². The van der Waals surface area contributed by atoms with Gasteiger partial charge in [0.2, 0.25) is 0 Å². The molecule has 28 heavy (non-hydrogen) atoms. The molecule has 1 atom stereocenters. The minimum Gasteiger partial charge on any atom is -0.457 e. The predicted molar refractivity (Wildman–Crippen MR) is 109 cm³/mol. The van der Waals surface area contributed by atoms with Crippen molar-refractivity contribution < 1.29 is 14.3 Å². The van der Waals surface area contributed by atoms with Gasteiger partial charge in [-0.3, -0.25) is 14.6 Å². The third kappa shape index (κ3) is 5.10. The van der Waals surface area contributed by atoms with Crippen LogP contribution < -0.4 is 0 Å². The molecular weight excluding hydrogens is 372 g/mol. The van der Waals surface area contributed by atoms with Gasteiger partial charge in [-0.2, -0.15) is 0 Å². The minimum absolute atomic E-state index is 0.0387. The van der Waals surface area contributed by atoms with Gasteiger partial charge >= 0.3 is 5.97 Å². The predicted octanol–water partition coefficient (Wildman–Crippen LogP) is 4.69. The lowest BCUT2D eigenvalue weighted by Gasteiger charge is -2.09. The molecule has 6 heteroatoms. The van der Waals surface area contributed by atoms with Crippen LogP contribution in [0.15, 0.2) is 54.2 Å². The summed E-state index contributed by atoms with van der Waals surface area (Å²) in [7, 11) is 0. The van der Waals surface area contributed by atoms with Gasteiger partial charge in [0.15, 0.2) is 12.4 Å². The SMILES string of the molecule is CC[C@@H](C)c1ccc(C(=O)COC(=O)Cc2csc(-c3cccnc3)n2)cc1. The molecule has 0 unspecified atom stereocenters. The number of benzene rings is 1. The van der Waals surface area contributed by atoms with Crippen LogP contribution in [-0.4, -0.2) is 28.3 Å². The van der Waals surface area contributed by atoms with Crippen molar-refractivity contribution in [1.82, 2.24) is 9.97 Å². The van der Waals surface area contributed by atoms with Crippen molar-refractivity contribution in [2.45, 2.75) is 32.6 Å². The highest BCUT2D eigenvalue weighted by Gasteiger charge is 2.13. The van der Waals surface area contributed by atoms with Crippen molar-refractivity contribution in [3.05, 3.63) is 71.0 Å². The molecule has 0 aliphatic heterocycles. The van der Waals surface area contributed by atoms with Crippen molar-refractivity contribution in [2.24, 2.45) is 0 Å². The number of ether oxygens (including phenoxy) is 1. The average Bonchev–Trinajstić information content (AvgIpc) is 3.20. The summed E-state index contributed by atoms with van der Waals surface area (Å²) >= 11 is 1.45. The van der Waals surface area contributed by atoms with Gasteiger partial charge < -0.3 is 4.74 Å². The summed E-state index contributed by atoms with van der Waals surface area (Å²) in [6, 6.07) is 11.2. The second-order valence-corrected chi connectivity index (χ2v) is 7.44. The molecule has 2 aromatic heterocycles. The van der Waals surface area contributed by atoms with Gasteiger partial charge in [0.1, 0.15) is 5.01 Å². The van der Waals surface area contributed by atoms with E-state index >= 15 is 0 Å². The van der Waals surface area contributed by atoms with E-state index in [2.05, 4.69) is 23.8 Å². The van der Waals surface area contributed by atoms with Gasteiger partial charge in [0, 0.05) is 28.9 Å². The quantitative estimate of drug-likeness (QED) is 0.410. The van der Waals surface area contributed by atoms with Gasteiger partial charge in [0.05, 0.1) is 12.1 Å². The number of hydrogen-bond acceptors (Lipinski definition) is 6. The molecular formula is C22H22N2O3S. The fraction of sp³-hybridized carbons (Fsp3) is 0.273. The molecule has 3 rings (SSSR count). The first kappa shape index (κ1) is 19.9. The highest BCUT2D eigenvalue weighted by Crippen LogP contribution is 2.23. The summed E-state index contributed by atoms with van der Waals surface area (Å²) in [5.74, 6) is -0.220. The normalized spacial score (nSPS) is 11.8. The number of aromatic nitrogens is 2. The Kier molecular flexibility index (Phi) is 6.66. The van der Waals surface area contributed by atoms with E-state index in [4.69, 9.17) is 4.74 Å². The molecule has 5 nitrogen and oxygen atoms in total. The molecule has 0 amide bonds. The fourth-order valence-electron chi connectivity index (χ4n) is 2.67. The van der Waals surface area contributed by atoms with E-state index in [1.807, 2.05) is 29.6 Å². The second-order valence-electron chi connectivity index (χ2n) is 6.58. The molecule has 0 aliphatic carbocycles. The van der Waals surface area contributed by atoms with Crippen LogP contribution in [0.25, 0.3) is 10.6 Å². The van der Waals surface area contributed by atoms with Crippen molar-refractivity contribution in [1.29, 1.82) is 0 Å². The number of carbonyl (C=O) groups is 2. The Morgan fingerprint density at radius 2 is 1.96 bits per heavy atom. The van der Waals surface area contributed by atoms with Crippen molar-refractivity contribution in [3.8, 4) is 10.6 Å². The molecule has 0 fully saturated rings. The molecule has 2 heterocycles. The molecule has 0 saturated heterocycles. The molecule has 0 aliphatic rings. The zero-order valence-electron chi connectivity index (χ0n) is 15.9. The summed E-state index contributed by atoms with van der Waals surface area (Å²) in [5.41, 5.74) is 3.28. The number of pyridine rings is 1. The first-order valence-corrected chi connectivity index (χ1v) is 10.1. The standard InChI is InChI=1S/C22H22N2O3S/c1-3-15(2)16-6-8-17(9-7-16)20(25)13-27-21(26)11-19-14-28-22(24-19)18-5-4-10-23-12-18/h4-10,12,14-15H,3,11,13H2,1-2H3/t15-/m1/s1. The average molecular weight is 394 g/mol. The van der Waals surface area contributed by atoms with E-state index in [9.17, 15) is 9.59 Å². The lowest BCUT2D eigenvalue weighted by Crippen LogP contribution is -2.16. The van der Waals surface area contributed by atoms with Crippen molar-refractivity contribution >= 4 is 23.1 Å². The number of rotatable bonds is 8. The van der Waals surface area contributed by atoms with Crippen LogP contribution in [0.3, 0.4) is 0 Å². The topological polar surface area (TPSA) is 69.2 Å². The van der Waals surface area contributed by atoms with E-state index in [0.29, 0.717) is 17.2 Å². The molecule has 0 N–H and O–H groups in total. The molecule has 0 bridgehead atoms. The Balaban J connectivity index is 1.51. The smallest absolute Gasteiger partial charge is 0.312 e. The molecule has 0 radical (unpaired) electrons. The third-order valence-corrected chi connectivity index (χ3v) is 5.50. The molecule has 1 aromatic carbocycles. The number of carbonyl (C=O) groups excluding carboxylic acids is 2. The van der Waals surface area contributed by atoms with Crippen LogP contribution >= 0.6 is 11.3 Å². The van der Waals surface area contributed by atoms with Gasteiger partial charge in [-0.05, 0) is 30.0 Å². The van der Waals surface area contributed by atoms with Crippen molar-refractivity contribution in [3.63, 3.8) is 0 Å². The molecule has 144 valence electrons. The Bertz CT molecular complexity index is 936. The van der Waals surface area contributed by atoms with E-state index in [0.717, 1.165) is 17.0 Å². The Labute approximate surface area is 168 Å². The summed E-state index contributed by atoms with van der Waals surface area (Å²) in [6.07, 6.45) is 4.51. The largest absolute Gasteiger partial charge is 0.457 e. The number of hydrogen-bond donors (Lipinski definition) is 0. The van der Waals surface area contributed by atoms with E-state index in [-0.39, 0.29) is 18.8 Å². The third-order valence-electron chi connectivity index (χ3n) is 4.56. The van der Waals surface area contributed by atoms with Gasteiger partial charge in [0.25, 0.3) is 0 Å². The highest BCUT2D eigenvalue weighted by molar-refractivity contribution is 7.13. The lowest BCUT2D eigenvalue weighted by molar-refractivity contribution is -0.141. The fourth-order valence-corrected chi connectivity index (χ4v) is 3.48. The van der Waals surface area contributed by atoms with Gasteiger partial charge in [-0.1, -0.05) is 38.1 Å². The number of Topliss-reactive ketones (excluding diaryl/α,β-unsaturated/α-hetero) is 1. The van der Waals surface area contributed by atoms with E-state index in [1.54, 1.807) is 24.5 Å². The monoisotopic (exact) mass is 394 g/mol. The first-order chi connectivity index (χ1) is 13.6. The molecule has 0 spiro atoms. The van der Waals surface area contributed by atoms with Crippen LogP contribution in [-0.2, 0) is 16.0 Å². The van der Waals surface area contributed by atoms with E-state index in [1.165, 1.54) is 16.9 Å². The number of nitrogens with zero attached hydrogens (tertiary/aromatic N) is 2. The highest BCUT2D eigenvalue weighted by atomic mass is 32.1. The minimum atomic E-state index is -0.465. The van der Waals surface area contributed by atoms with Crippen molar-refractivity contribution in [2.75, 3.05) is 6.61 Å². The van der Waals surface area contributed by atoms with Gasteiger partial charge in [-0.25, -0.2) is 4.98 Å².